The van der Waals surface area contributed by atoms with E-state index in [1.807, 2.05) is 19.1 Å². The molecule has 0 aliphatic rings. The van der Waals surface area contributed by atoms with E-state index < -0.39 is 6.09 Å². The molecule has 0 saturated heterocycles. The number of carbonyl (C=O) groups excluding carboxylic acids is 1. The normalized spacial score (nSPS) is 11.8. The summed E-state index contributed by atoms with van der Waals surface area (Å²) in [6.45, 7) is 10.00. The first-order valence-electron chi connectivity index (χ1n) is 10.6. The van der Waals surface area contributed by atoms with Gasteiger partial charge in [0.25, 0.3) is 0 Å². The zero-order valence-electron chi connectivity index (χ0n) is 20.2. The van der Waals surface area contributed by atoms with Crippen LogP contribution in [-0.4, -0.2) is 59.1 Å². The van der Waals surface area contributed by atoms with Gasteiger partial charge in [0.2, 0.25) is 5.75 Å². The molecule has 0 radical (unpaired) electrons. The summed E-state index contributed by atoms with van der Waals surface area (Å²) in [5.74, 6) is 2.79. The lowest BCUT2D eigenvalue weighted by Gasteiger charge is -2.22. The molecule has 0 heterocycles. The predicted molar refractivity (Wildman–Crippen MR) is 138 cm³/mol. The molecule has 184 valence electrons. The van der Waals surface area contributed by atoms with Gasteiger partial charge < -0.3 is 34.9 Å². The summed E-state index contributed by atoms with van der Waals surface area (Å²) in [6, 6.07) is 3.67. The Hall–Kier alpha value is -2.11. The molecule has 10 heteroatoms. The average molecular weight is 566 g/mol. The molecule has 0 fully saturated rings. The highest BCUT2D eigenvalue weighted by Gasteiger charge is 2.16. The quantitative estimate of drug-likeness (QED) is 0.202. The van der Waals surface area contributed by atoms with Crippen molar-refractivity contribution in [1.82, 2.24) is 16.0 Å². The second-order valence-electron chi connectivity index (χ2n) is 7.30. The number of methoxy groups -OCH3 is 3. The molecule has 1 aromatic carbocycles. The maximum atomic E-state index is 11.8. The second kappa shape index (κ2) is 16.5. The van der Waals surface area contributed by atoms with Crippen LogP contribution in [0.2, 0.25) is 0 Å². The van der Waals surface area contributed by atoms with Crippen molar-refractivity contribution >= 4 is 36.0 Å². The predicted octanol–water partition coefficient (Wildman–Crippen LogP) is 3.55. The summed E-state index contributed by atoms with van der Waals surface area (Å²) < 4.78 is 21.2. The number of ether oxygens (including phenoxy) is 4. The third-order valence-corrected chi connectivity index (χ3v) is 4.36. The topological polar surface area (TPSA) is 102 Å². The van der Waals surface area contributed by atoms with Gasteiger partial charge in [-0.15, -0.1) is 24.0 Å². The zero-order chi connectivity index (χ0) is 23.2. The molecule has 1 unspecified atom stereocenters. The van der Waals surface area contributed by atoms with Gasteiger partial charge in [-0.3, -0.25) is 0 Å². The Morgan fingerprint density at radius 3 is 2.12 bits per heavy atom. The number of nitrogens with zero attached hydrogens (tertiary/aromatic N) is 1. The van der Waals surface area contributed by atoms with E-state index in [-0.39, 0.29) is 30.0 Å². The third-order valence-electron chi connectivity index (χ3n) is 4.36. The number of hydrogen-bond donors (Lipinski definition) is 3. The molecule has 0 saturated carbocycles. The van der Waals surface area contributed by atoms with Crippen molar-refractivity contribution in [3.63, 3.8) is 0 Å². The Morgan fingerprint density at radius 1 is 1.03 bits per heavy atom. The highest BCUT2D eigenvalue weighted by molar-refractivity contribution is 14.0. The average Bonchev–Trinajstić information content (AvgIpc) is 2.74. The van der Waals surface area contributed by atoms with Crippen molar-refractivity contribution in [3.05, 3.63) is 17.7 Å². The van der Waals surface area contributed by atoms with Crippen LogP contribution >= 0.6 is 24.0 Å². The summed E-state index contributed by atoms with van der Waals surface area (Å²) in [6.07, 6.45) is 0.410. The molecule has 0 aliphatic heterocycles. The minimum atomic E-state index is -0.408. The molecule has 9 nitrogen and oxygen atoms in total. The van der Waals surface area contributed by atoms with Crippen molar-refractivity contribution in [1.29, 1.82) is 0 Å². The van der Waals surface area contributed by atoms with Crippen LogP contribution in [0.5, 0.6) is 17.2 Å². The molecule has 0 aliphatic carbocycles. The maximum Gasteiger partial charge on any atom is 0.407 e. The molecule has 1 amide bonds. The monoisotopic (exact) mass is 566 g/mol. The van der Waals surface area contributed by atoms with Crippen LogP contribution in [-0.2, 0) is 11.3 Å². The zero-order valence-corrected chi connectivity index (χ0v) is 22.6. The number of benzene rings is 1. The van der Waals surface area contributed by atoms with E-state index in [1.54, 1.807) is 28.3 Å². The van der Waals surface area contributed by atoms with Crippen LogP contribution in [0, 0.1) is 5.92 Å². The van der Waals surface area contributed by atoms with Crippen LogP contribution in [0.15, 0.2) is 17.1 Å². The highest BCUT2D eigenvalue weighted by atomic mass is 127. The first-order valence-corrected chi connectivity index (χ1v) is 10.6. The number of hydrogen-bond acceptors (Lipinski definition) is 6. The van der Waals surface area contributed by atoms with Gasteiger partial charge in [-0.25, -0.2) is 9.79 Å². The Morgan fingerprint density at radius 2 is 1.66 bits per heavy atom. The van der Waals surface area contributed by atoms with Crippen LogP contribution < -0.4 is 30.2 Å². The van der Waals surface area contributed by atoms with E-state index in [0.29, 0.717) is 55.4 Å². The SMILES string of the molecule is CCNC(=NCc1cc(OC)c(OC)c(OC)c1)NCC(CC(C)C)NC(=O)OCC.I. The molecule has 0 bridgehead atoms. The lowest BCUT2D eigenvalue weighted by molar-refractivity contribution is 0.146. The first kappa shape index (κ1) is 29.9. The van der Waals surface area contributed by atoms with Gasteiger partial charge in [0.1, 0.15) is 0 Å². The Bertz CT molecular complexity index is 691. The first-order chi connectivity index (χ1) is 14.9. The molecule has 0 aromatic heterocycles. The minimum Gasteiger partial charge on any atom is -0.493 e. The summed E-state index contributed by atoms with van der Waals surface area (Å²) in [4.78, 5) is 16.5. The fourth-order valence-electron chi connectivity index (χ4n) is 3.06. The standard InChI is InChI=1S/C22H38N4O5.HI/c1-8-23-21(25-14-17(10-15(3)4)26-22(27)31-9-2)24-13-16-11-18(28-5)20(30-7)19(12-16)29-6;/h11-12,15,17H,8-10,13-14H2,1-7H3,(H,26,27)(H2,23,24,25);1H. The molecule has 32 heavy (non-hydrogen) atoms. The maximum absolute atomic E-state index is 11.8. The number of halogens is 1. The number of amides is 1. The summed E-state index contributed by atoms with van der Waals surface area (Å²) in [5, 5.41) is 9.44. The van der Waals surface area contributed by atoms with Crippen molar-refractivity contribution in [3.8, 4) is 17.2 Å². The van der Waals surface area contributed by atoms with E-state index in [0.717, 1.165) is 12.0 Å². The molecule has 1 aromatic rings. The number of rotatable bonds is 12. The van der Waals surface area contributed by atoms with Crippen LogP contribution in [0.4, 0.5) is 4.79 Å². The van der Waals surface area contributed by atoms with E-state index >= 15 is 0 Å². The van der Waals surface area contributed by atoms with E-state index in [9.17, 15) is 4.79 Å². The van der Waals surface area contributed by atoms with Gasteiger partial charge in [-0.1, -0.05) is 13.8 Å². The third kappa shape index (κ3) is 10.5. The Balaban J connectivity index is 0.00000961. The number of aliphatic imine (C=N–C) groups is 1. The van der Waals surface area contributed by atoms with Crippen LogP contribution in [0.25, 0.3) is 0 Å². The molecule has 0 spiro atoms. The van der Waals surface area contributed by atoms with Crippen molar-refractivity contribution in [2.75, 3.05) is 41.0 Å². The Kier molecular flexibility index (Phi) is 15.4. The van der Waals surface area contributed by atoms with Gasteiger partial charge in [0, 0.05) is 19.1 Å². The minimum absolute atomic E-state index is 0. The lowest BCUT2D eigenvalue weighted by atomic mass is 10.0. The molecule has 3 N–H and O–H groups in total. The molecular weight excluding hydrogens is 527 g/mol. The number of guanidine groups is 1. The van der Waals surface area contributed by atoms with Gasteiger partial charge in [0.05, 0.1) is 34.5 Å². The van der Waals surface area contributed by atoms with Crippen LogP contribution in [0.3, 0.4) is 0 Å². The number of carbonyl (C=O) groups is 1. The van der Waals surface area contributed by atoms with E-state index in [4.69, 9.17) is 18.9 Å². The van der Waals surface area contributed by atoms with Gasteiger partial charge in [-0.05, 0) is 43.9 Å². The summed E-state index contributed by atoms with van der Waals surface area (Å²) in [7, 11) is 4.74. The molecular formula is C22H39IN4O5. The van der Waals surface area contributed by atoms with Gasteiger partial charge in [0.15, 0.2) is 17.5 Å². The largest absolute Gasteiger partial charge is 0.493 e. The highest BCUT2D eigenvalue weighted by Crippen LogP contribution is 2.38. The fraction of sp³-hybridized carbons (Fsp3) is 0.636. The fourth-order valence-corrected chi connectivity index (χ4v) is 3.06. The Labute approximate surface area is 209 Å². The van der Waals surface area contributed by atoms with Crippen molar-refractivity contribution < 1.29 is 23.7 Å². The van der Waals surface area contributed by atoms with E-state index in [2.05, 4.69) is 34.8 Å². The van der Waals surface area contributed by atoms with Crippen molar-refractivity contribution in [2.45, 2.75) is 46.7 Å². The smallest absolute Gasteiger partial charge is 0.407 e. The molecule has 1 rings (SSSR count). The van der Waals surface area contributed by atoms with Gasteiger partial charge >= 0.3 is 6.09 Å². The van der Waals surface area contributed by atoms with Crippen LogP contribution in [0.1, 0.15) is 39.7 Å². The second-order valence-corrected chi connectivity index (χ2v) is 7.30. The van der Waals surface area contributed by atoms with Gasteiger partial charge in [-0.2, -0.15) is 0 Å². The van der Waals surface area contributed by atoms with Crippen molar-refractivity contribution in [2.24, 2.45) is 10.9 Å². The van der Waals surface area contributed by atoms with E-state index in [1.165, 1.54) is 0 Å². The summed E-state index contributed by atoms with van der Waals surface area (Å²) >= 11 is 0. The summed E-state index contributed by atoms with van der Waals surface area (Å²) in [5.41, 5.74) is 0.912. The number of alkyl carbamates (subject to hydrolysis) is 1. The number of nitrogens with one attached hydrogen (secondary N) is 3. The lowest BCUT2D eigenvalue weighted by Crippen LogP contribution is -2.47. The molecule has 1 atom stereocenters.